The minimum atomic E-state index is -1.08. The predicted octanol–water partition coefficient (Wildman–Crippen LogP) is 10.4. The van der Waals surface area contributed by atoms with Crippen LogP contribution in [0.15, 0.2) is 170 Å². The van der Waals surface area contributed by atoms with Crippen LogP contribution in [0.1, 0.15) is 66.2 Å². The monoisotopic (exact) mass is 1050 g/mol. The van der Waals surface area contributed by atoms with E-state index in [4.69, 9.17) is 42.9 Å². The SMILES string of the molecule is COc1cc(C(Cc2ccccc2)C(=O)Nc2ccc(C(=O)O)cc2)[n+]([O-])cc1-c1cc(Cl)ccc1C#N.COc1cc(C(Cc2ccccc2)C(=O)Nc2ccc(C(=O)O)cc2)[n+]([O-])cc1-c1cc(Cl)ccc1C#N. The molecule has 2 unspecified atom stereocenters. The van der Waals surface area contributed by atoms with Gasteiger partial charge in [0.1, 0.15) is 23.3 Å². The smallest absolute Gasteiger partial charge is 0.335 e. The highest BCUT2D eigenvalue weighted by Crippen LogP contribution is 2.37. The molecule has 380 valence electrons. The van der Waals surface area contributed by atoms with E-state index in [1.54, 1.807) is 36.4 Å². The van der Waals surface area contributed by atoms with Crippen LogP contribution in [-0.2, 0) is 22.4 Å². The minimum Gasteiger partial charge on any atom is -0.618 e. The van der Waals surface area contributed by atoms with Crippen molar-refractivity contribution in [1.82, 2.24) is 0 Å². The largest absolute Gasteiger partial charge is 0.618 e. The van der Waals surface area contributed by atoms with Crippen LogP contribution >= 0.6 is 23.2 Å². The van der Waals surface area contributed by atoms with Gasteiger partial charge in [-0.3, -0.25) is 9.59 Å². The summed E-state index contributed by atoms with van der Waals surface area (Å²) in [6, 6.07) is 46.6. The zero-order valence-corrected chi connectivity index (χ0v) is 42.0. The highest BCUT2D eigenvalue weighted by Gasteiger charge is 2.33. The molecule has 8 aromatic rings. The van der Waals surface area contributed by atoms with Gasteiger partial charge in [0.15, 0.2) is 12.4 Å². The molecule has 0 aliphatic carbocycles. The number of aromatic nitrogens is 2. The van der Waals surface area contributed by atoms with Gasteiger partial charge in [0.2, 0.25) is 23.2 Å². The number of carbonyl (C=O) groups excluding carboxylic acids is 2. The van der Waals surface area contributed by atoms with E-state index in [1.165, 1.54) is 87.3 Å². The summed E-state index contributed by atoms with van der Waals surface area (Å²) in [6.07, 6.45) is 2.97. The summed E-state index contributed by atoms with van der Waals surface area (Å²) in [7, 11) is 2.87. The van der Waals surface area contributed by atoms with Crippen LogP contribution in [0.4, 0.5) is 11.4 Å². The van der Waals surface area contributed by atoms with Gasteiger partial charge in [0.25, 0.3) is 0 Å². The number of carboxylic acid groups (broad SMARTS) is 2. The number of benzene rings is 6. The number of methoxy groups -OCH3 is 2. The van der Waals surface area contributed by atoms with E-state index in [-0.39, 0.29) is 35.4 Å². The molecule has 4 N–H and O–H groups in total. The third kappa shape index (κ3) is 13.1. The number of hydrogen-bond acceptors (Lipinski definition) is 10. The average Bonchev–Trinajstić information content (AvgIpc) is 3.45. The maximum absolute atomic E-state index is 13.5. The van der Waals surface area contributed by atoms with E-state index in [0.717, 1.165) is 11.1 Å². The Hall–Kier alpha value is -9.74. The highest BCUT2D eigenvalue weighted by atomic mass is 35.5. The molecule has 0 aliphatic heterocycles. The fourth-order valence-electron chi connectivity index (χ4n) is 8.20. The van der Waals surface area contributed by atoms with Gasteiger partial charge < -0.3 is 40.7 Å². The van der Waals surface area contributed by atoms with Gasteiger partial charge in [0.05, 0.1) is 71.9 Å². The van der Waals surface area contributed by atoms with Crippen LogP contribution in [0.2, 0.25) is 10.0 Å². The molecule has 2 heterocycles. The van der Waals surface area contributed by atoms with E-state index >= 15 is 0 Å². The van der Waals surface area contributed by atoms with E-state index in [0.29, 0.717) is 75.8 Å². The summed E-state index contributed by atoms with van der Waals surface area (Å²) in [6.45, 7) is 0. The van der Waals surface area contributed by atoms with E-state index in [1.807, 2.05) is 60.7 Å². The summed E-state index contributed by atoms with van der Waals surface area (Å²) < 4.78 is 12.3. The normalized spacial score (nSPS) is 11.3. The molecule has 0 radical (unpaired) electrons. The van der Waals surface area contributed by atoms with Crippen molar-refractivity contribution in [3.05, 3.63) is 235 Å². The van der Waals surface area contributed by atoms with Gasteiger partial charge in [-0.25, -0.2) is 9.59 Å². The number of carboxylic acids is 2. The lowest BCUT2D eigenvalue weighted by molar-refractivity contribution is -0.614. The first-order valence-electron chi connectivity index (χ1n) is 23.0. The number of amides is 2. The summed E-state index contributed by atoms with van der Waals surface area (Å²) in [5.41, 5.74) is 5.05. The minimum absolute atomic E-state index is 0.0827. The van der Waals surface area contributed by atoms with Gasteiger partial charge >= 0.3 is 11.9 Å². The van der Waals surface area contributed by atoms with Crippen molar-refractivity contribution < 1.29 is 48.3 Å². The maximum Gasteiger partial charge on any atom is 0.335 e. The molecule has 2 amide bonds. The van der Waals surface area contributed by atoms with Crippen LogP contribution in [-0.4, -0.2) is 48.2 Å². The molecule has 0 saturated heterocycles. The molecule has 8 rings (SSSR count). The molecule has 0 fully saturated rings. The Bertz CT molecular complexity index is 3300. The summed E-state index contributed by atoms with van der Waals surface area (Å²) >= 11 is 12.3. The van der Waals surface area contributed by atoms with Crippen molar-refractivity contribution in [2.75, 3.05) is 24.9 Å². The lowest BCUT2D eigenvalue weighted by atomic mass is 9.93. The topological polar surface area (TPSA) is 253 Å². The molecule has 2 aromatic heterocycles. The Morgan fingerprint density at radius 1 is 0.539 bits per heavy atom. The summed E-state index contributed by atoms with van der Waals surface area (Å²) in [5.74, 6) is -4.34. The molecule has 16 nitrogen and oxygen atoms in total. The van der Waals surface area contributed by atoms with Crippen molar-refractivity contribution in [3.8, 4) is 45.9 Å². The molecule has 2 atom stereocenters. The van der Waals surface area contributed by atoms with Crippen molar-refractivity contribution in [3.63, 3.8) is 0 Å². The molecular formula is C58H44Cl2N6O10. The molecular weight excluding hydrogens is 1010 g/mol. The third-order valence-corrected chi connectivity index (χ3v) is 12.5. The van der Waals surface area contributed by atoms with E-state index in [2.05, 4.69) is 22.8 Å². The number of aromatic carboxylic acids is 2. The molecule has 0 aliphatic rings. The lowest BCUT2D eigenvalue weighted by Gasteiger charge is -2.19. The Labute approximate surface area is 446 Å². The fourth-order valence-corrected chi connectivity index (χ4v) is 8.54. The number of pyridine rings is 2. The second kappa shape index (κ2) is 24.8. The number of rotatable bonds is 16. The number of anilines is 2. The lowest BCUT2D eigenvalue weighted by Crippen LogP contribution is -2.38. The molecule has 18 heteroatoms. The molecule has 0 saturated carbocycles. The van der Waals surface area contributed by atoms with Gasteiger partial charge in [-0.15, -0.1) is 0 Å². The van der Waals surface area contributed by atoms with E-state index < -0.39 is 35.6 Å². The van der Waals surface area contributed by atoms with Crippen LogP contribution < -0.4 is 29.6 Å². The van der Waals surface area contributed by atoms with Crippen LogP contribution in [0.5, 0.6) is 11.5 Å². The van der Waals surface area contributed by atoms with Gasteiger partial charge in [0, 0.05) is 32.5 Å². The quantitative estimate of drug-likeness (QED) is 0.0521. The Kier molecular flexibility index (Phi) is 17.6. The van der Waals surface area contributed by atoms with Crippen LogP contribution in [0.3, 0.4) is 0 Å². The second-order valence-corrected chi connectivity index (χ2v) is 17.7. The average molecular weight is 1060 g/mol. The molecule has 6 aromatic carbocycles. The van der Waals surface area contributed by atoms with Gasteiger partial charge in [-0.05, 0) is 109 Å². The number of nitriles is 2. The molecule has 76 heavy (non-hydrogen) atoms. The predicted molar refractivity (Wildman–Crippen MR) is 284 cm³/mol. The zero-order chi connectivity index (χ0) is 54.5. The third-order valence-electron chi connectivity index (χ3n) is 12.0. The van der Waals surface area contributed by atoms with Crippen molar-refractivity contribution in [1.29, 1.82) is 10.5 Å². The summed E-state index contributed by atoms with van der Waals surface area (Å²) in [4.78, 5) is 49.3. The summed E-state index contributed by atoms with van der Waals surface area (Å²) in [5, 5.41) is 70.5. The number of nitrogens with one attached hydrogen (secondary N) is 2. The zero-order valence-electron chi connectivity index (χ0n) is 40.4. The van der Waals surface area contributed by atoms with Crippen molar-refractivity contribution >= 4 is 58.3 Å². The first-order chi connectivity index (χ1) is 36.6. The van der Waals surface area contributed by atoms with Gasteiger partial charge in [-0.1, -0.05) is 83.9 Å². The van der Waals surface area contributed by atoms with Crippen LogP contribution in [0, 0.1) is 33.1 Å². The number of hydrogen-bond donors (Lipinski definition) is 4. The number of ether oxygens (including phenoxy) is 2. The maximum atomic E-state index is 13.5. The Morgan fingerprint density at radius 3 is 1.21 bits per heavy atom. The first kappa shape index (κ1) is 54.0. The number of carbonyl (C=O) groups is 4. The van der Waals surface area contributed by atoms with Gasteiger partial charge in [-0.2, -0.15) is 20.0 Å². The number of nitrogens with zero attached hydrogens (tertiary/aromatic N) is 4. The van der Waals surface area contributed by atoms with Crippen molar-refractivity contribution in [2.45, 2.75) is 24.7 Å². The highest BCUT2D eigenvalue weighted by molar-refractivity contribution is 6.31. The van der Waals surface area contributed by atoms with Crippen LogP contribution in [0.25, 0.3) is 22.3 Å². The first-order valence-corrected chi connectivity index (χ1v) is 23.7. The fraction of sp³-hybridized carbons (Fsp3) is 0.103. The molecule has 0 bridgehead atoms. The van der Waals surface area contributed by atoms with Crippen molar-refractivity contribution in [2.24, 2.45) is 0 Å². The Balaban J connectivity index is 0.000000221. The standard InChI is InChI=1S/2C29H22ClN3O5/c2*1-38-27-15-26(33(37)17-25(27)23-14-21(30)10-7-20(23)16-31)24(13-18-5-3-2-4-6-18)28(34)32-22-11-8-19(9-12-22)29(35)36/h2*2-12,14-15,17,24H,13H2,1H3,(H,32,34)(H,35,36). The Morgan fingerprint density at radius 2 is 0.895 bits per heavy atom. The number of halogens is 2. The second-order valence-electron chi connectivity index (χ2n) is 16.8. The molecule has 0 spiro atoms. The van der Waals surface area contributed by atoms with E-state index in [9.17, 15) is 40.1 Å².